The number of nitro benzene ring substituents is 1. The van der Waals surface area contributed by atoms with Gasteiger partial charge in [-0.05, 0) is 30.7 Å². The van der Waals surface area contributed by atoms with Gasteiger partial charge in [0.05, 0.1) is 15.5 Å². The minimum Gasteiger partial charge on any atom is -0.298 e. The Morgan fingerprint density at radius 2 is 1.94 bits per heavy atom. The second-order valence-corrected chi connectivity index (χ2v) is 9.91. The van der Waals surface area contributed by atoms with E-state index in [9.17, 15) is 23.3 Å². The maximum atomic E-state index is 12.6. The molecule has 0 saturated heterocycles. The number of rotatable bonds is 9. The van der Waals surface area contributed by atoms with Crippen molar-refractivity contribution in [1.82, 2.24) is 9.29 Å². The molecule has 0 aliphatic carbocycles. The zero-order chi connectivity index (χ0) is 23.3. The summed E-state index contributed by atoms with van der Waals surface area (Å²) < 4.78 is 26.5. The molecule has 1 aromatic heterocycles. The third kappa shape index (κ3) is 5.36. The summed E-state index contributed by atoms with van der Waals surface area (Å²) in [5.41, 5.74) is 1.31. The highest BCUT2D eigenvalue weighted by Crippen LogP contribution is 2.27. The smallest absolute Gasteiger partial charge is 0.270 e. The second kappa shape index (κ2) is 9.98. The molecule has 0 atom stereocenters. The molecule has 0 aliphatic rings. The van der Waals surface area contributed by atoms with Gasteiger partial charge in [0.15, 0.2) is 5.13 Å². The van der Waals surface area contributed by atoms with Crippen molar-refractivity contribution in [3.05, 3.63) is 69.6 Å². The number of aromatic nitrogens is 1. The van der Waals surface area contributed by atoms with E-state index in [4.69, 9.17) is 0 Å². The number of anilines is 1. The molecular weight excluding hydrogens is 452 g/mol. The molecule has 168 valence electrons. The predicted octanol–water partition coefficient (Wildman–Crippen LogP) is 4.39. The summed E-state index contributed by atoms with van der Waals surface area (Å²) in [6.07, 6.45) is 1.65. The average Bonchev–Trinajstić information content (AvgIpc) is 3.26. The van der Waals surface area contributed by atoms with Gasteiger partial charge < -0.3 is 0 Å². The first-order valence-electron chi connectivity index (χ1n) is 9.80. The van der Waals surface area contributed by atoms with E-state index in [1.807, 2.05) is 6.92 Å². The number of nitrogens with one attached hydrogen (secondary N) is 1. The summed E-state index contributed by atoms with van der Waals surface area (Å²) in [5.74, 6) is -0.437. The number of hydrogen-bond acceptors (Lipinski definition) is 7. The maximum Gasteiger partial charge on any atom is 0.270 e. The van der Waals surface area contributed by atoms with Gasteiger partial charge in [0.1, 0.15) is 0 Å². The fourth-order valence-corrected chi connectivity index (χ4v) is 4.80. The summed E-state index contributed by atoms with van der Waals surface area (Å²) in [4.78, 5) is 27.5. The summed E-state index contributed by atoms with van der Waals surface area (Å²) in [6, 6.07) is 11.8. The number of nitro groups is 1. The Morgan fingerprint density at radius 1 is 1.22 bits per heavy atom. The van der Waals surface area contributed by atoms with Gasteiger partial charge >= 0.3 is 0 Å². The van der Waals surface area contributed by atoms with Gasteiger partial charge in [-0.15, -0.1) is 11.3 Å². The van der Waals surface area contributed by atoms with E-state index in [-0.39, 0.29) is 16.1 Å². The largest absolute Gasteiger partial charge is 0.298 e. The molecular formula is C21H22N4O5S2. The standard InChI is InChI=1S/C21H22N4O5S2/c1-3-4-12-24(2)32(29,30)18-10-8-15(9-11-18)20(26)23-21-22-19(14-31-21)16-6-5-7-17(13-16)25(27)28/h5-11,13-14H,3-4,12H2,1-2H3,(H,22,23,26). The molecule has 3 rings (SSSR count). The van der Waals surface area contributed by atoms with Crippen molar-refractivity contribution in [2.24, 2.45) is 0 Å². The number of thiazole rings is 1. The molecule has 0 fully saturated rings. The van der Waals surface area contributed by atoms with Gasteiger partial charge in [0.25, 0.3) is 11.6 Å². The fourth-order valence-electron chi connectivity index (χ4n) is 2.87. The first-order valence-corrected chi connectivity index (χ1v) is 12.1. The molecule has 11 heteroatoms. The van der Waals surface area contributed by atoms with Gasteiger partial charge in [-0.2, -0.15) is 0 Å². The highest BCUT2D eigenvalue weighted by molar-refractivity contribution is 7.89. The molecule has 0 unspecified atom stereocenters. The van der Waals surface area contributed by atoms with Crippen LogP contribution >= 0.6 is 11.3 Å². The molecule has 9 nitrogen and oxygen atoms in total. The summed E-state index contributed by atoms with van der Waals surface area (Å²) in [6.45, 7) is 2.42. The number of non-ortho nitro benzene ring substituents is 1. The van der Waals surface area contributed by atoms with Crippen LogP contribution in [-0.4, -0.2) is 42.1 Å². The number of sulfonamides is 1. The lowest BCUT2D eigenvalue weighted by molar-refractivity contribution is -0.384. The van der Waals surface area contributed by atoms with E-state index in [0.717, 1.165) is 12.8 Å². The average molecular weight is 475 g/mol. The molecule has 32 heavy (non-hydrogen) atoms. The van der Waals surface area contributed by atoms with Crippen LogP contribution in [-0.2, 0) is 10.0 Å². The van der Waals surface area contributed by atoms with Gasteiger partial charge in [0.2, 0.25) is 10.0 Å². The highest BCUT2D eigenvalue weighted by atomic mass is 32.2. The molecule has 0 bridgehead atoms. The number of nitrogens with zero attached hydrogens (tertiary/aromatic N) is 3. The second-order valence-electron chi connectivity index (χ2n) is 7.00. The Hall–Kier alpha value is -3.15. The normalized spacial score (nSPS) is 11.5. The number of unbranched alkanes of at least 4 members (excludes halogenated alkanes) is 1. The van der Waals surface area contributed by atoms with Gasteiger partial charge in [-0.3, -0.25) is 20.2 Å². The number of carbonyl (C=O) groups is 1. The molecule has 3 aromatic rings. The number of hydrogen-bond donors (Lipinski definition) is 1. The van der Waals surface area contributed by atoms with Crippen LogP contribution in [0.5, 0.6) is 0 Å². The Kier molecular flexibility index (Phi) is 7.33. The summed E-state index contributed by atoms with van der Waals surface area (Å²) in [5, 5.41) is 15.6. The van der Waals surface area contributed by atoms with Crippen molar-refractivity contribution in [2.75, 3.05) is 18.9 Å². The molecule has 1 amide bonds. The van der Waals surface area contributed by atoms with E-state index in [1.54, 1.807) is 17.5 Å². The monoisotopic (exact) mass is 474 g/mol. The predicted molar refractivity (Wildman–Crippen MR) is 123 cm³/mol. The quantitative estimate of drug-likeness (QED) is 0.362. The van der Waals surface area contributed by atoms with Crippen LogP contribution in [0.2, 0.25) is 0 Å². The van der Waals surface area contributed by atoms with Crippen LogP contribution in [0.4, 0.5) is 10.8 Å². The molecule has 1 N–H and O–H groups in total. The van der Waals surface area contributed by atoms with Crippen LogP contribution in [0.25, 0.3) is 11.3 Å². The molecule has 2 aromatic carbocycles. The Bertz CT molecular complexity index is 1220. The van der Waals surface area contributed by atoms with Gasteiger partial charge in [-0.1, -0.05) is 25.5 Å². The Labute approximate surface area is 189 Å². The summed E-state index contributed by atoms with van der Waals surface area (Å²) in [7, 11) is -2.07. The van der Waals surface area contributed by atoms with Gasteiger partial charge in [0, 0.05) is 42.2 Å². The van der Waals surface area contributed by atoms with E-state index in [1.165, 1.54) is 59.1 Å². The minimum atomic E-state index is -3.61. The number of benzene rings is 2. The van der Waals surface area contributed by atoms with E-state index in [2.05, 4.69) is 10.3 Å². The van der Waals surface area contributed by atoms with Crippen molar-refractivity contribution in [2.45, 2.75) is 24.7 Å². The lowest BCUT2D eigenvalue weighted by Gasteiger charge is -2.16. The van der Waals surface area contributed by atoms with Crippen molar-refractivity contribution < 1.29 is 18.1 Å². The van der Waals surface area contributed by atoms with Crippen LogP contribution in [0.15, 0.2) is 58.8 Å². The zero-order valence-corrected chi connectivity index (χ0v) is 19.1. The maximum absolute atomic E-state index is 12.6. The fraction of sp³-hybridized carbons (Fsp3) is 0.238. The third-order valence-corrected chi connectivity index (χ3v) is 7.36. The van der Waals surface area contributed by atoms with E-state index < -0.39 is 20.9 Å². The lowest BCUT2D eigenvalue weighted by Crippen LogP contribution is -2.28. The minimum absolute atomic E-state index is 0.0449. The molecule has 0 saturated carbocycles. The number of carbonyl (C=O) groups excluding carboxylic acids is 1. The van der Waals surface area contributed by atoms with Crippen LogP contribution in [0, 0.1) is 10.1 Å². The topological polar surface area (TPSA) is 123 Å². The van der Waals surface area contributed by atoms with Crippen LogP contribution in [0.1, 0.15) is 30.1 Å². The van der Waals surface area contributed by atoms with E-state index in [0.29, 0.717) is 22.9 Å². The third-order valence-electron chi connectivity index (χ3n) is 4.73. The molecule has 0 spiro atoms. The van der Waals surface area contributed by atoms with Crippen molar-refractivity contribution in [3.8, 4) is 11.3 Å². The Morgan fingerprint density at radius 3 is 2.59 bits per heavy atom. The lowest BCUT2D eigenvalue weighted by atomic mass is 10.1. The van der Waals surface area contributed by atoms with Crippen LogP contribution < -0.4 is 5.32 Å². The van der Waals surface area contributed by atoms with Crippen molar-refractivity contribution >= 4 is 38.1 Å². The van der Waals surface area contributed by atoms with Gasteiger partial charge in [-0.25, -0.2) is 17.7 Å². The highest BCUT2D eigenvalue weighted by Gasteiger charge is 2.21. The Balaban J connectivity index is 1.71. The molecule has 0 aliphatic heterocycles. The van der Waals surface area contributed by atoms with Crippen LogP contribution in [0.3, 0.4) is 0 Å². The number of amides is 1. The molecule has 1 heterocycles. The summed E-state index contributed by atoms with van der Waals surface area (Å²) >= 11 is 1.19. The first-order chi connectivity index (χ1) is 15.2. The first kappa shape index (κ1) is 23.5. The SMILES string of the molecule is CCCCN(C)S(=O)(=O)c1ccc(C(=O)Nc2nc(-c3cccc([N+](=O)[O-])c3)cs2)cc1. The zero-order valence-electron chi connectivity index (χ0n) is 17.5. The molecule has 0 radical (unpaired) electrons. The van der Waals surface area contributed by atoms with Crippen molar-refractivity contribution in [3.63, 3.8) is 0 Å². The van der Waals surface area contributed by atoms with Crippen molar-refractivity contribution in [1.29, 1.82) is 0 Å². The van der Waals surface area contributed by atoms with E-state index >= 15 is 0 Å².